The number of nitrogens with one attached hydrogen (secondary N) is 1. The number of halogens is 2. The summed E-state index contributed by atoms with van der Waals surface area (Å²) in [5.74, 6) is 0.240. The maximum atomic E-state index is 13.4. The molecule has 0 spiro atoms. The minimum absolute atomic E-state index is 0.135. The van der Waals surface area contributed by atoms with E-state index < -0.39 is 5.82 Å². The van der Waals surface area contributed by atoms with Gasteiger partial charge in [0, 0.05) is 13.2 Å². The van der Waals surface area contributed by atoms with Gasteiger partial charge in [0.25, 0.3) is 0 Å². The van der Waals surface area contributed by atoms with Crippen LogP contribution in [0, 0.1) is 11.7 Å². The second-order valence-electron chi connectivity index (χ2n) is 4.32. The topological polar surface area (TPSA) is 21.3 Å². The van der Waals surface area contributed by atoms with Gasteiger partial charge in [-0.1, -0.05) is 31.5 Å². The predicted molar refractivity (Wildman–Crippen MR) is 70.2 cm³/mol. The van der Waals surface area contributed by atoms with Crippen LogP contribution in [0.5, 0.6) is 0 Å². The molecule has 0 unspecified atom stereocenters. The van der Waals surface area contributed by atoms with Gasteiger partial charge in [0.2, 0.25) is 0 Å². The summed E-state index contributed by atoms with van der Waals surface area (Å²) in [6.45, 7) is 6.21. The van der Waals surface area contributed by atoms with E-state index in [2.05, 4.69) is 19.2 Å². The van der Waals surface area contributed by atoms with Gasteiger partial charge in [0.05, 0.1) is 17.3 Å². The van der Waals surface area contributed by atoms with Gasteiger partial charge in [0.15, 0.2) is 5.82 Å². The molecule has 0 fully saturated rings. The monoisotopic (exact) mass is 259 g/mol. The highest BCUT2D eigenvalue weighted by Crippen LogP contribution is 2.21. The highest BCUT2D eigenvalue weighted by Gasteiger charge is 2.04. The van der Waals surface area contributed by atoms with E-state index in [4.69, 9.17) is 16.3 Å². The first-order valence-corrected chi connectivity index (χ1v) is 6.24. The van der Waals surface area contributed by atoms with Crippen molar-refractivity contribution in [1.29, 1.82) is 0 Å². The fourth-order valence-electron chi connectivity index (χ4n) is 1.32. The zero-order valence-electron chi connectivity index (χ0n) is 10.3. The average molecular weight is 260 g/mol. The summed E-state index contributed by atoms with van der Waals surface area (Å²) in [5, 5.41) is 3.09. The molecule has 96 valence electrons. The summed E-state index contributed by atoms with van der Waals surface area (Å²) >= 11 is 5.66. The molecule has 17 heavy (non-hydrogen) atoms. The van der Waals surface area contributed by atoms with Crippen molar-refractivity contribution in [2.45, 2.75) is 20.3 Å². The Kier molecular flexibility index (Phi) is 6.30. The molecule has 0 amide bonds. The van der Waals surface area contributed by atoms with Crippen LogP contribution in [0.4, 0.5) is 10.1 Å². The van der Waals surface area contributed by atoms with Crippen LogP contribution < -0.4 is 5.32 Å². The van der Waals surface area contributed by atoms with Crippen molar-refractivity contribution in [2.75, 3.05) is 25.1 Å². The number of hydrogen-bond donors (Lipinski definition) is 1. The van der Waals surface area contributed by atoms with Gasteiger partial charge in [-0.3, -0.25) is 0 Å². The lowest BCUT2D eigenvalue weighted by Gasteiger charge is -2.09. The standard InChI is InChI=1S/C13H19ClFNO/c1-10(2)6-8-17-9-7-16-12-5-3-4-11(14)13(12)15/h3-5,10,16H,6-9H2,1-2H3. The number of anilines is 1. The molecule has 0 heterocycles. The van der Waals surface area contributed by atoms with E-state index in [1.54, 1.807) is 12.1 Å². The van der Waals surface area contributed by atoms with Gasteiger partial charge in [-0.15, -0.1) is 0 Å². The third-order valence-corrected chi connectivity index (χ3v) is 2.64. The highest BCUT2D eigenvalue weighted by atomic mass is 35.5. The van der Waals surface area contributed by atoms with Gasteiger partial charge >= 0.3 is 0 Å². The molecule has 0 bridgehead atoms. The maximum absolute atomic E-state index is 13.4. The lowest BCUT2D eigenvalue weighted by molar-refractivity contribution is 0.132. The van der Waals surface area contributed by atoms with Gasteiger partial charge in [-0.25, -0.2) is 4.39 Å². The normalized spacial score (nSPS) is 10.9. The van der Waals surface area contributed by atoms with E-state index in [1.807, 2.05) is 0 Å². The molecule has 0 saturated carbocycles. The summed E-state index contributed by atoms with van der Waals surface area (Å²) in [6, 6.07) is 4.91. The SMILES string of the molecule is CC(C)CCOCCNc1cccc(Cl)c1F. The van der Waals surface area contributed by atoms with Crippen LogP contribution in [0.15, 0.2) is 18.2 Å². The minimum Gasteiger partial charge on any atom is -0.380 e. The van der Waals surface area contributed by atoms with Crippen molar-refractivity contribution in [3.8, 4) is 0 Å². The number of hydrogen-bond acceptors (Lipinski definition) is 2. The number of benzene rings is 1. The molecule has 0 saturated heterocycles. The van der Waals surface area contributed by atoms with Crippen molar-refractivity contribution in [3.63, 3.8) is 0 Å². The largest absolute Gasteiger partial charge is 0.380 e. The van der Waals surface area contributed by atoms with Crippen molar-refractivity contribution in [3.05, 3.63) is 29.0 Å². The fraction of sp³-hybridized carbons (Fsp3) is 0.538. The molecule has 2 nitrogen and oxygen atoms in total. The van der Waals surface area contributed by atoms with Crippen LogP contribution in [-0.4, -0.2) is 19.8 Å². The Hall–Kier alpha value is -0.800. The first-order valence-electron chi connectivity index (χ1n) is 5.87. The highest BCUT2D eigenvalue weighted by molar-refractivity contribution is 6.31. The van der Waals surface area contributed by atoms with Crippen molar-refractivity contribution < 1.29 is 9.13 Å². The maximum Gasteiger partial charge on any atom is 0.164 e. The zero-order valence-corrected chi connectivity index (χ0v) is 11.1. The van der Waals surface area contributed by atoms with Crippen LogP contribution in [0.25, 0.3) is 0 Å². The molecule has 0 aliphatic carbocycles. The van der Waals surface area contributed by atoms with Crippen LogP contribution in [0.2, 0.25) is 5.02 Å². The van der Waals surface area contributed by atoms with Crippen molar-refractivity contribution in [2.24, 2.45) is 5.92 Å². The summed E-state index contributed by atoms with van der Waals surface area (Å²) in [6.07, 6.45) is 1.05. The summed E-state index contributed by atoms with van der Waals surface area (Å²) in [4.78, 5) is 0. The third-order valence-electron chi connectivity index (χ3n) is 2.35. The lowest BCUT2D eigenvalue weighted by atomic mass is 10.1. The molecular weight excluding hydrogens is 241 g/mol. The van der Waals surface area contributed by atoms with Crippen LogP contribution >= 0.6 is 11.6 Å². The van der Waals surface area contributed by atoms with Crippen LogP contribution in [0.1, 0.15) is 20.3 Å². The Labute approximate surface area is 107 Å². The fourth-order valence-corrected chi connectivity index (χ4v) is 1.49. The Morgan fingerprint density at radius 2 is 2.12 bits per heavy atom. The van der Waals surface area contributed by atoms with E-state index in [1.165, 1.54) is 6.07 Å². The van der Waals surface area contributed by atoms with E-state index in [0.717, 1.165) is 13.0 Å². The summed E-state index contributed by atoms with van der Waals surface area (Å²) < 4.78 is 18.9. The Morgan fingerprint density at radius 1 is 1.35 bits per heavy atom. The van der Waals surface area contributed by atoms with Crippen LogP contribution in [0.3, 0.4) is 0 Å². The molecule has 1 aromatic rings. The van der Waals surface area contributed by atoms with Gasteiger partial charge in [-0.05, 0) is 24.5 Å². The Balaban J connectivity index is 2.20. The quantitative estimate of drug-likeness (QED) is 0.749. The van der Waals surface area contributed by atoms with Crippen LogP contribution in [-0.2, 0) is 4.74 Å². The second kappa shape index (κ2) is 7.51. The van der Waals surface area contributed by atoms with E-state index >= 15 is 0 Å². The number of rotatable bonds is 7. The average Bonchev–Trinajstić information content (AvgIpc) is 2.28. The van der Waals surface area contributed by atoms with Crippen molar-refractivity contribution >= 4 is 17.3 Å². The lowest BCUT2D eigenvalue weighted by Crippen LogP contribution is -2.11. The molecule has 0 aliphatic rings. The van der Waals surface area contributed by atoms with E-state index in [-0.39, 0.29) is 5.02 Å². The smallest absolute Gasteiger partial charge is 0.164 e. The summed E-state index contributed by atoms with van der Waals surface area (Å²) in [5.41, 5.74) is 0.421. The molecule has 1 rings (SSSR count). The Morgan fingerprint density at radius 3 is 2.82 bits per heavy atom. The predicted octanol–water partition coefficient (Wildman–Crippen LogP) is 3.95. The molecule has 1 N–H and O–H groups in total. The molecule has 0 aliphatic heterocycles. The Bertz CT molecular complexity index is 344. The van der Waals surface area contributed by atoms with E-state index in [9.17, 15) is 4.39 Å². The number of ether oxygens (including phenoxy) is 1. The molecular formula is C13H19ClFNO. The zero-order chi connectivity index (χ0) is 12.7. The summed E-state index contributed by atoms with van der Waals surface area (Å²) in [7, 11) is 0. The first-order chi connectivity index (χ1) is 8.11. The molecule has 0 atom stereocenters. The molecule has 1 aromatic carbocycles. The van der Waals surface area contributed by atoms with Gasteiger partial charge in [-0.2, -0.15) is 0 Å². The second-order valence-corrected chi connectivity index (χ2v) is 4.73. The van der Waals surface area contributed by atoms with Gasteiger partial charge in [0.1, 0.15) is 0 Å². The third kappa shape index (κ3) is 5.37. The van der Waals surface area contributed by atoms with E-state index in [0.29, 0.717) is 24.8 Å². The van der Waals surface area contributed by atoms with Gasteiger partial charge < -0.3 is 10.1 Å². The molecule has 0 radical (unpaired) electrons. The minimum atomic E-state index is -0.406. The molecule has 0 aromatic heterocycles. The first kappa shape index (κ1) is 14.3. The molecule has 4 heteroatoms. The van der Waals surface area contributed by atoms with Crippen molar-refractivity contribution in [1.82, 2.24) is 0 Å².